The minimum absolute atomic E-state index is 0.631. The molecule has 0 spiro atoms. The fourth-order valence-corrected chi connectivity index (χ4v) is 1.77. The van der Waals surface area contributed by atoms with Gasteiger partial charge in [0.25, 0.3) is 0 Å². The van der Waals surface area contributed by atoms with Gasteiger partial charge in [0.05, 0.1) is 0 Å². The van der Waals surface area contributed by atoms with Crippen LogP contribution >= 0.6 is 0 Å². The van der Waals surface area contributed by atoms with Gasteiger partial charge >= 0.3 is 0 Å². The van der Waals surface area contributed by atoms with E-state index in [4.69, 9.17) is 0 Å². The van der Waals surface area contributed by atoms with Crippen LogP contribution in [0.3, 0.4) is 0 Å². The van der Waals surface area contributed by atoms with Crippen molar-refractivity contribution in [1.82, 2.24) is 10.2 Å². The summed E-state index contributed by atoms with van der Waals surface area (Å²) in [5.41, 5.74) is 0. The molecular formula is C9H20N2. The second-order valence-corrected chi connectivity index (χ2v) is 3.92. The SMILES string of the molecule is CC(C)N[C@H]1CCCN(C)C1. The zero-order valence-corrected chi connectivity index (χ0v) is 7.93. The Bertz CT molecular complexity index is 110. The molecule has 0 radical (unpaired) electrons. The molecule has 1 N–H and O–H groups in total. The fraction of sp³-hybridized carbons (Fsp3) is 1.00. The fourth-order valence-electron chi connectivity index (χ4n) is 1.77. The Morgan fingerprint density at radius 2 is 2.18 bits per heavy atom. The molecule has 11 heavy (non-hydrogen) atoms. The second kappa shape index (κ2) is 4.07. The van der Waals surface area contributed by atoms with E-state index < -0.39 is 0 Å². The summed E-state index contributed by atoms with van der Waals surface area (Å²) in [6.45, 7) is 6.93. The predicted octanol–water partition coefficient (Wildman–Crippen LogP) is 1.08. The lowest BCUT2D eigenvalue weighted by Gasteiger charge is -2.31. The third kappa shape index (κ3) is 3.21. The van der Waals surface area contributed by atoms with Gasteiger partial charge in [-0.05, 0) is 26.4 Å². The smallest absolute Gasteiger partial charge is 0.0197 e. The van der Waals surface area contributed by atoms with Gasteiger partial charge in [0.2, 0.25) is 0 Å². The summed E-state index contributed by atoms with van der Waals surface area (Å²) in [4.78, 5) is 2.41. The summed E-state index contributed by atoms with van der Waals surface area (Å²) in [5.74, 6) is 0. The summed E-state index contributed by atoms with van der Waals surface area (Å²) in [5, 5.41) is 3.57. The molecule has 66 valence electrons. The molecule has 0 aromatic carbocycles. The van der Waals surface area contributed by atoms with Crippen LogP contribution in [0.5, 0.6) is 0 Å². The van der Waals surface area contributed by atoms with E-state index in [-0.39, 0.29) is 0 Å². The number of rotatable bonds is 2. The maximum Gasteiger partial charge on any atom is 0.0197 e. The topological polar surface area (TPSA) is 15.3 Å². The normalized spacial score (nSPS) is 27.8. The highest BCUT2D eigenvalue weighted by molar-refractivity contribution is 4.77. The molecular weight excluding hydrogens is 136 g/mol. The van der Waals surface area contributed by atoms with Gasteiger partial charge in [0.1, 0.15) is 0 Å². The molecule has 0 saturated carbocycles. The Hall–Kier alpha value is -0.0800. The third-order valence-corrected chi connectivity index (χ3v) is 2.19. The molecule has 1 heterocycles. The first-order valence-electron chi connectivity index (χ1n) is 4.63. The zero-order valence-electron chi connectivity index (χ0n) is 7.93. The van der Waals surface area contributed by atoms with Crippen molar-refractivity contribution in [3.8, 4) is 0 Å². The molecule has 2 heteroatoms. The standard InChI is InChI=1S/C9H20N2/c1-8(2)10-9-5-4-6-11(3)7-9/h8-10H,4-7H2,1-3H3/t9-/m0/s1. The first-order chi connectivity index (χ1) is 5.18. The monoisotopic (exact) mass is 156 g/mol. The number of nitrogens with one attached hydrogen (secondary N) is 1. The van der Waals surface area contributed by atoms with Gasteiger partial charge in [0, 0.05) is 18.6 Å². The molecule has 0 bridgehead atoms. The summed E-state index contributed by atoms with van der Waals surface area (Å²) < 4.78 is 0. The van der Waals surface area contributed by atoms with Gasteiger partial charge in [-0.25, -0.2) is 0 Å². The Morgan fingerprint density at radius 3 is 2.73 bits per heavy atom. The molecule has 1 atom stereocenters. The van der Waals surface area contributed by atoms with Crippen LogP contribution in [0.15, 0.2) is 0 Å². The molecule has 0 aromatic rings. The summed E-state index contributed by atoms with van der Waals surface area (Å²) >= 11 is 0. The van der Waals surface area contributed by atoms with E-state index in [0.717, 1.165) is 6.04 Å². The van der Waals surface area contributed by atoms with E-state index >= 15 is 0 Å². The summed E-state index contributed by atoms with van der Waals surface area (Å²) in [6.07, 6.45) is 2.70. The van der Waals surface area contributed by atoms with Crippen LogP contribution in [0.4, 0.5) is 0 Å². The molecule has 2 nitrogen and oxygen atoms in total. The number of hydrogen-bond donors (Lipinski definition) is 1. The van der Waals surface area contributed by atoms with E-state index in [1.54, 1.807) is 0 Å². The molecule has 0 unspecified atom stereocenters. The average molecular weight is 156 g/mol. The van der Waals surface area contributed by atoms with Gasteiger partial charge in [-0.15, -0.1) is 0 Å². The molecule has 0 aromatic heterocycles. The average Bonchev–Trinajstić information content (AvgIpc) is 1.85. The van der Waals surface area contributed by atoms with Crippen molar-refractivity contribution in [2.75, 3.05) is 20.1 Å². The largest absolute Gasteiger partial charge is 0.311 e. The molecule has 1 fully saturated rings. The van der Waals surface area contributed by atoms with Crippen LogP contribution in [-0.4, -0.2) is 37.1 Å². The van der Waals surface area contributed by atoms with E-state index in [0.29, 0.717) is 6.04 Å². The molecule has 0 aliphatic carbocycles. The van der Waals surface area contributed by atoms with Gasteiger partial charge in [-0.2, -0.15) is 0 Å². The Morgan fingerprint density at radius 1 is 1.45 bits per heavy atom. The molecule has 1 rings (SSSR count). The van der Waals surface area contributed by atoms with Crippen molar-refractivity contribution >= 4 is 0 Å². The number of piperidine rings is 1. The molecule has 1 saturated heterocycles. The number of likely N-dealkylation sites (tertiary alicyclic amines) is 1. The van der Waals surface area contributed by atoms with Gasteiger partial charge < -0.3 is 10.2 Å². The molecule has 0 amide bonds. The molecule has 1 aliphatic heterocycles. The maximum atomic E-state index is 3.57. The van der Waals surface area contributed by atoms with Crippen molar-refractivity contribution in [3.63, 3.8) is 0 Å². The van der Waals surface area contributed by atoms with Crippen LogP contribution in [0.1, 0.15) is 26.7 Å². The number of hydrogen-bond acceptors (Lipinski definition) is 2. The lowest BCUT2D eigenvalue weighted by Crippen LogP contribution is -2.46. The minimum Gasteiger partial charge on any atom is -0.311 e. The van der Waals surface area contributed by atoms with Crippen LogP contribution in [0.2, 0.25) is 0 Å². The highest BCUT2D eigenvalue weighted by Gasteiger charge is 2.16. The quantitative estimate of drug-likeness (QED) is 0.643. The van der Waals surface area contributed by atoms with Crippen LogP contribution in [0, 0.1) is 0 Å². The third-order valence-electron chi connectivity index (χ3n) is 2.19. The molecule has 1 aliphatic rings. The van der Waals surface area contributed by atoms with Gasteiger partial charge in [-0.3, -0.25) is 0 Å². The van der Waals surface area contributed by atoms with E-state index in [9.17, 15) is 0 Å². The van der Waals surface area contributed by atoms with E-state index in [2.05, 4.69) is 31.1 Å². The van der Waals surface area contributed by atoms with Crippen molar-refractivity contribution in [2.24, 2.45) is 0 Å². The lowest BCUT2D eigenvalue weighted by atomic mass is 10.1. The van der Waals surface area contributed by atoms with Crippen LogP contribution in [-0.2, 0) is 0 Å². The van der Waals surface area contributed by atoms with Crippen LogP contribution in [0.25, 0.3) is 0 Å². The summed E-state index contributed by atoms with van der Waals surface area (Å²) in [6, 6.07) is 1.36. The van der Waals surface area contributed by atoms with Gasteiger partial charge in [0.15, 0.2) is 0 Å². The van der Waals surface area contributed by atoms with E-state index in [1.807, 2.05) is 0 Å². The second-order valence-electron chi connectivity index (χ2n) is 3.92. The maximum absolute atomic E-state index is 3.57. The Balaban J connectivity index is 2.23. The Labute approximate surface area is 70.0 Å². The van der Waals surface area contributed by atoms with Crippen LogP contribution < -0.4 is 5.32 Å². The number of likely N-dealkylation sites (N-methyl/N-ethyl adjacent to an activating group) is 1. The van der Waals surface area contributed by atoms with Gasteiger partial charge in [-0.1, -0.05) is 13.8 Å². The van der Waals surface area contributed by atoms with E-state index in [1.165, 1.54) is 25.9 Å². The highest BCUT2D eigenvalue weighted by Crippen LogP contribution is 2.08. The zero-order chi connectivity index (χ0) is 8.27. The summed E-state index contributed by atoms with van der Waals surface area (Å²) in [7, 11) is 2.20. The van der Waals surface area contributed by atoms with Crippen molar-refractivity contribution < 1.29 is 0 Å². The lowest BCUT2D eigenvalue weighted by molar-refractivity contribution is 0.220. The first kappa shape index (κ1) is 9.01. The Kier molecular flexibility index (Phi) is 3.34. The minimum atomic E-state index is 0.631. The van der Waals surface area contributed by atoms with Crippen molar-refractivity contribution in [3.05, 3.63) is 0 Å². The predicted molar refractivity (Wildman–Crippen MR) is 48.8 cm³/mol. The number of nitrogens with zero attached hydrogens (tertiary/aromatic N) is 1. The van der Waals surface area contributed by atoms with Crippen molar-refractivity contribution in [2.45, 2.75) is 38.8 Å². The first-order valence-corrected chi connectivity index (χ1v) is 4.63. The van der Waals surface area contributed by atoms with Crippen molar-refractivity contribution in [1.29, 1.82) is 0 Å². The highest BCUT2D eigenvalue weighted by atomic mass is 15.1.